The fourth-order valence-electron chi connectivity index (χ4n) is 3.55. The molecule has 0 saturated carbocycles. The van der Waals surface area contributed by atoms with E-state index in [1.807, 2.05) is 6.07 Å². The molecular formula is C21H23ClN6O2. The Hall–Kier alpha value is -3.10. The van der Waals surface area contributed by atoms with E-state index in [9.17, 15) is 4.79 Å². The SMILES string of the molecule is CN(C(=N)N)C(=O)c1cc2c(Cl)ccc(Oc3ccnc(CN4CCCC4)c3)c2[nH]1. The summed E-state index contributed by atoms with van der Waals surface area (Å²) in [6.07, 6.45) is 4.19. The molecule has 0 aliphatic carbocycles. The van der Waals surface area contributed by atoms with Crippen LogP contribution in [-0.2, 0) is 6.54 Å². The molecule has 0 bridgehead atoms. The van der Waals surface area contributed by atoms with Crippen molar-refractivity contribution >= 4 is 34.4 Å². The average Bonchev–Trinajstić information content (AvgIpc) is 3.40. The van der Waals surface area contributed by atoms with Gasteiger partial charge in [-0.1, -0.05) is 11.6 Å². The van der Waals surface area contributed by atoms with Crippen LogP contribution in [0.1, 0.15) is 29.0 Å². The third kappa shape index (κ3) is 4.10. The number of guanidine groups is 1. The molecule has 3 heterocycles. The van der Waals surface area contributed by atoms with Crippen molar-refractivity contribution in [1.29, 1.82) is 5.41 Å². The van der Waals surface area contributed by atoms with E-state index in [0.29, 0.717) is 27.4 Å². The number of nitrogens with two attached hydrogens (primary N) is 1. The van der Waals surface area contributed by atoms with Crippen molar-refractivity contribution in [2.24, 2.45) is 5.73 Å². The molecule has 4 N–H and O–H groups in total. The predicted molar refractivity (Wildman–Crippen MR) is 116 cm³/mol. The van der Waals surface area contributed by atoms with Crippen LogP contribution in [0.2, 0.25) is 5.02 Å². The summed E-state index contributed by atoms with van der Waals surface area (Å²) in [6, 6.07) is 8.84. The van der Waals surface area contributed by atoms with Crippen LogP contribution < -0.4 is 10.5 Å². The van der Waals surface area contributed by atoms with Gasteiger partial charge >= 0.3 is 0 Å². The number of carbonyl (C=O) groups excluding carboxylic acids is 1. The van der Waals surface area contributed by atoms with Crippen molar-refractivity contribution < 1.29 is 9.53 Å². The summed E-state index contributed by atoms with van der Waals surface area (Å²) < 4.78 is 6.11. The third-order valence-electron chi connectivity index (χ3n) is 5.20. The zero-order chi connectivity index (χ0) is 21.3. The minimum atomic E-state index is -0.433. The largest absolute Gasteiger partial charge is 0.455 e. The monoisotopic (exact) mass is 426 g/mol. The molecule has 1 aliphatic heterocycles. The van der Waals surface area contributed by atoms with E-state index < -0.39 is 5.91 Å². The quantitative estimate of drug-likeness (QED) is 0.426. The Morgan fingerprint density at radius 3 is 2.83 bits per heavy atom. The number of hydrogen-bond donors (Lipinski definition) is 3. The molecular weight excluding hydrogens is 404 g/mol. The van der Waals surface area contributed by atoms with E-state index >= 15 is 0 Å². The van der Waals surface area contributed by atoms with Gasteiger partial charge in [-0.2, -0.15) is 0 Å². The number of benzene rings is 1. The molecule has 0 spiro atoms. The van der Waals surface area contributed by atoms with Gasteiger partial charge in [-0.3, -0.25) is 25.0 Å². The highest BCUT2D eigenvalue weighted by molar-refractivity contribution is 6.35. The maximum absolute atomic E-state index is 12.5. The van der Waals surface area contributed by atoms with E-state index in [1.54, 1.807) is 30.5 Å². The van der Waals surface area contributed by atoms with Crippen molar-refractivity contribution in [2.75, 3.05) is 20.1 Å². The van der Waals surface area contributed by atoms with E-state index in [1.165, 1.54) is 19.9 Å². The van der Waals surface area contributed by atoms with Crippen molar-refractivity contribution in [3.05, 3.63) is 52.9 Å². The highest BCUT2D eigenvalue weighted by atomic mass is 35.5. The summed E-state index contributed by atoms with van der Waals surface area (Å²) in [5.41, 5.74) is 7.23. The lowest BCUT2D eigenvalue weighted by atomic mass is 10.2. The Balaban J connectivity index is 1.62. The summed E-state index contributed by atoms with van der Waals surface area (Å²) >= 11 is 6.33. The number of fused-ring (bicyclic) bond motifs is 1. The number of aromatic amines is 1. The van der Waals surface area contributed by atoms with Crippen LogP contribution in [0.25, 0.3) is 10.9 Å². The maximum Gasteiger partial charge on any atom is 0.276 e. The van der Waals surface area contributed by atoms with E-state index in [0.717, 1.165) is 30.2 Å². The van der Waals surface area contributed by atoms with Crippen LogP contribution in [0.5, 0.6) is 11.5 Å². The van der Waals surface area contributed by atoms with Crippen LogP contribution in [0.15, 0.2) is 36.5 Å². The Labute approximate surface area is 179 Å². The lowest BCUT2D eigenvalue weighted by Gasteiger charge is -2.14. The molecule has 8 nitrogen and oxygen atoms in total. The molecule has 1 amide bonds. The molecule has 1 saturated heterocycles. The Kier molecular flexibility index (Phi) is 5.61. The van der Waals surface area contributed by atoms with Crippen molar-refractivity contribution in [3.8, 4) is 11.5 Å². The molecule has 0 unspecified atom stereocenters. The number of H-pyrrole nitrogens is 1. The van der Waals surface area contributed by atoms with Gasteiger partial charge in [0.2, 0.25) is 0 Å². The standard InChI is InChI=1S/C21H23ClN6O2/c1-27(21(23)24)20(29)17-11-15-16(22)4-5-18(19(15)26-17)30-14-6-7-25-13(10-14)12-28-8-2-3-9-28/h4-7,10-11,26H,2-3,8-9,12H2,1H3,(H3,23,24). The topological polar surface area (TPSA) is 111 Å². The lowest BCUT2D eigenvalue weighted by Crippen LogP contribution is -2.38. The number of nitrogens with zero attached hydrogens (tertiary/aromatic N) is 3. The molecule has 0 radical (unpaired) electrons. The second kappa shape index (κ2) is 8.33. The zero-order valence-corrected chi connectivity index (χ0v) is 17.4. The average molecular weight is 427 g/mol. The van der Waals surface area contributed by atoms with Gasteiger partial charge in [-0.15, -0.1) is 0 Å². The first-order valence-electron chi connectivity index (χ1n) is 9.71. The van der Waals surface area contributed by atoms with E-state index in [-0.39, 0.29) is 11.7 Å². The van der Waals surface area contributed by atoms with Gasteiger partial charge < -0.3 is 15.5 Å². The summed E-state index contributed by atoms with van der Waals surface area (Å²) in [4.78, 5) is 23.5. The molecule has 1 aromatic carbocycles. The molecule has 3 aromatic rings. The Bertz CT molecular complexity index is 1110. The predicted octanol–water partition coefficient (Wildman–Crippen LogP) is 3.57. The van der Waals surface area contributed by atoms with Gasteiger partial charge in [-0.05, 0) is 50.2 Å². The Morgan fingerprint density at radius 2 is 2.10 bits per heavy atom. The summed E-state index contributed by atoms with van der Waals surface area (Å²) in [5, 5.41) is 8.60. The fraction of sp³-hybridized carbons (Fsp3) is 0.286. The number of pyridine rings is 1. The van der Waals surface area contributed by atoms with E-state index in [4.69, 9.17) is 27.5 Å². The normalized spacial score (nSPS) is 14.2. The molecule has 0 atom stereocenters. The van der Waals surface area contributed by atoms with Gasteiger partial charge in [0.05, 0.1) is 16.2 Å². The molecule has 156 valence electrons. The van der Waals surface area contributed by atoms with Crippen LogP contribution in [0, 0.1) is 5.41 Å². The minimum absolute atomic E-state index is 0.269. The molecule has 1 fully saturated rings. The number of rotatable bonds is 5. The van der Waals surface area contributed by atoms with E-state index in [2.05, 4.69) is 14.9 Å². The van der Waals surface area contributed by atoms with Crippen LogP contribution in [-0.4, -0.2) is 51.8 Å². The minimum Gasteiger partial charge on any atom is -0.455 e. The number of amides is 1. The molecule has 1 aliphatic rings. The van der Waals surface area contributed by atoms with Crippen molar-refractivity contribution in [1.82, 2.24) is 19.8 Å². The lowest BCUT2D eigenvalue weighted by molar-refractivity contribution is 0.0864. The number of ether oxygens (including phenoxy) is 1. The first kappa shape index (κ1) is 20.2. The number of carbonyl (C=O) groups is 1. The number of halogens is 1. The first-order chi connectivity index (χ1) is 14.4. The number of likely N-dealkylation sites (tertiary alicyclic amines) is 1. The third-order valence-corrected chi connectivity index (χ3v) is 5.53. The summed E-state index contributed by atoms with van der Waals surface area (Å²) in [7, 11) is 1.44. The van der Waals surface area contributed by atoms with Gasteiger partial charge in [0.25, 0.3) is 5.91 Å². The van der Waals surface area contributed by atoms with Gasteiger partial charge in [0.1, 0.15) is 11.4 Å². The van der Waals surface area contributed by atoms with Gasteiger partial charge in [0.15, 0.2) is 11.7 Å². The molecule has 9 heteroatoms. The zero-order valence-electron chi connectivity index (χ0n) is 16.6. The molecule has 4 rings (SSSR count). The van der Waals surface area contributed by atoms with Crippen LogP contribution >= 0.6 is 11.6 Å². The number of hydrogen-bond acceptors (Lipinski definition) is 5. The first-order valence-corrected chi connectivity index (χ1v) is 10.1. The number of nitrogens with one attached hydrogen (secondary N) is 2. The summed E-state index contributed by atoms with van der Waals surface area (Å²) in [6.45, 7) is 2.99. The molecule has 30 heavy (non-hydrogen) atoms. The van der Waals surface area contributed by atoms with Gasteiger partial charge in [-0.25, -0.2) is 0 Å². The smallest absolute Gasteiger partial charge is 0.276 e. The number of aromatic nitrogens is 2. The van der Waals surface area contributed by atoms with Crippen molar-refractivity contribution in [3.63, 3.8) is 0 Å². The summed E-state index contributed by atoms with van der Waals surface area (Å²) in [5.74, 6) is 0.421. The van der Waals surface area contributed by atoms with Crippen LogP contribution in [0.3, 0.4) is 0 Å². The van der Waals surface area contributed by atoms with Gasteiger partial charge in [0, 0.05) is 31.2 Å². The fourth-order valence-corrected chi connectivity index (χ4v) is 3.76. The van der Waals surface area contributed by atoms with Crippen molar-refractivity contribution in [2.45, 2.75) is 19.4 Å². The maximum atomic E-state index is 12.5. The molecule has 2 aromatic heterocycles. The highest BCUT2D eigenvalue weighted by Gasteiger charge is 2.19. The highest BCUT2D eigenvalue weighted by Crippen LogP contribution is 2.34. The Morgan fingerprint density at radius 1 is 1.33 bits per heavy atom. The second-order valence-electron chi connectivity index (χ2n) is 7.33. The van der Waals surface area contributed by atoms with Crippen LogP contribution in [0.4, 0.5) is 0 Å². The second-order valence-corrected chi connectivity index (χ2v) is 7.74.